The summed E-state index contributed by atoms with van der Waals surface area (Å²) >= 11 is 0. The van der Waals surface area contributed by atoms with E-state index >= 15 is 0 Å². The Hall–Kier alpha value is -0.440. The zero-order valence-corrected chi connectivity index (χ0v) is 4.99. The van der Waals surface area contributed by atoms with Gasteiger partial charge in [0.2, 0.25) is 0 Å². The molecule has 0 heterocycles. The molecule has 0 saturated carbocycles. The van der Waals surface area contributed by atoms with E-state index in [1.54, 1.807) is 0 Å². The molecule has 7 heavy (non-hydrogen) atoms. The van der Waals surface area contributed by atoms with Crippen LogP contribution in [0.4, 0.5) is 0 Å². The molecule has 0 aliphatic rings. The molecule has 0 aromatic rings. The molecule has 0 saturated heterocycles. The summed E-state index contributed by atoms with van der Waals surface area (Å²) in [6.07, 6.45) is 4.28. The van der Waals surface area contributed by atoms with Gasteiger partial charge in [-0.25, -0.2) is 0 Å². The van der Waals surface area contributed by atoms with Crippen molar-refractivity contribution >= 4 is 0 Å². The van der Waals surface area contributed by atoms with Crippen molar-refractivity contribution < 1.29 is 0 Å². The van der Waals surface area contributed by atoms with Crippen LogP contribution in [-0.4, -0.2) is 0 Å². The lowest BCUT2D eigenvalue weighted by Gasteiger charge is -1.80. The molecule has 0 bridgehead atoms. The second-order valence-electron chi connectivity index (χ2n) is 1.37. The first kappa shape index (κ1) is 6.56. The second-order valence-corrected chi connectivity index (χ2v) is 1.37. The van der Waals surface area contributed by atoms with Crippen LogP contribution >= 0.6 is 0 Å². The Kier molecular flexibility index (Phi) is 5.21. The highest BCUT2D eigenvalue weighted by Crippen LogP contribution is 1.87. The maximum atomic E-state index is 2.97. The highest BCUT2D eigenvalue weighted by Gasteiger charge is 1.73. The molecule has 0 N–H and O–H groups in total. The Morgan fingerprint density at radius 2 is 2.29 bits per heavy atom. The summed E-state index contributed by atoms with van der Waals surface area (Å²) in [7, 11) is 0. The Morgan fingerprint density at radius 1 is 1.57 bits per heavy atom. The molecule has 0 aromatic carbocycles. The Labute approximate surface area is 45.9 Å². The van der Waals surface area contributed by atoms with E-state index in [4.69, 9.17) is 0 Å². The first-order chi connectivity index (χ1) is 3.41. The molecule has 0 heteroatoms. The average molecular weight is 95.2 g/mol. The minimum absolute atomic E-state index is 1.02. The van der Waals surface area contributed by atoms with Crippen LogP contribution in [0.5, 0.6) is 0 Å². The van der Waals surface area contributed by atoms with Gasteiger partial charge in [0.05, 0.1) is 0 Å². The summed E-state index contributed by atoms with van der Waals surface area (Å²) in [4.78, 5) is 0. The minimum atomic E-state index is 1.02. The summed E-state index contributed by atoms with van der Waals surface area (Å²) in [5.41, 5.74) is 0. The van der Waals surface area contributed by atoms with E-state index in [1.807, 2.05) is 6.92 Å². The fourth-order valence-electron chi connectivity index (χ4n) is 0.342. The molecule has 0 aliphatic carbocycles. The van der Waals surface area contributed by atoms with Gasteiger partial charge in [-0.15, -0.1) is 11.8 Å². The molecule has 0 nitrogen and oxygen atoms in total. The van der Waals surface area contributed by atoms with E-state index in [1.165, 1.54) is 0 Å². The van der Waals surface area contributed by atoms with Crippen molar-refractivity contribution in [1.82, 2.24) is 0 Å². The van der Waals surface area contributed by atoms with Crippen molar-refractivity contribution in [3.05, 3.63) is 6.42 Å². The lowest BCUT2D eigenvalue weighted by atomic mass is 10.3. The third kappa shape index (κ3) is 5.56. The Morgan fingerprint density at radius 3 is 2.71 bits per heavy atom. The molecule has 0 rings (SSSR count). The van der Waals surface area contributed by atoms with Crippen LogP contribution in [0.1, 0.15) is 26.7 Å². The van der Waals surface area contributed by atoms with Crippen LogP contribution in [0.15, 0.2) is 0 Å². The van der Waals surface area contributed by atoms with E-state index in [-0.39, 0.29) is 0 Å². The van der Waals surface area contributed by atoms with Gasteiger partial charge >= 0.3 is 0 Å². The molecule has 0 atom stereocenters. The van der Waals surface area contributed by atoms with Crippen LogP contribution in [-0.2, 0) is 0 Å². The number of hydrogen-bond donors (Lipinski definition) is 0. The van der Waals surface area contributed by atoms with Gasteiger partial charge in [0.25, 0.3) is 0 Å². The van der Waals surface area contributed by atoms with E-state index in [0.29, 0.717) is 0 Å². The van der Waals surface area contributed by atoms with Gasteiger partial charge in [-0.1, -0.05) is 6.92 Å². The minimum Gasteiger partial charge on any atom is -0.107 e. The van der Waals surface area contributed by atoms with Crippen LogP contribution in [0, 0.1) is 18.3 Å². The van der Waals surface area contributed by atoms with Gasteiger partial charge in [0.1, 0.15) is 0 Å². The van der Waals surface area contributed by atoms with Crippen LogP contribution in [0.3, 0.4) is 0 Å². The Balaban J connectivity index is 2.78. The fourth-order valence-corrected chi connectivity index (χ4v) is 0.342. The molecule has 0 amide bonds. The second kappa shape index (κ2) is 5.56. The van der Waals surface area contributed by atoms with Crippen LogP contribution in [0.2, 0.25) is 0 Å². The van der Waals surface area contributed by atoms with Crippen molar-refractivity contribution in [3.8, 4) is 11.8 Å². The van der Waals surface area contributed by atoms with E-state index in [2.05, 4.69) is 25.2 Å². The van der Waals surface area contributed by atoms with Crippen molar-refractivity contribution in [3.63, 3.8) is 0 Å². The maximum Gasteiger partial charge on any atom is 0.00912 e. The standard InChI is InChI=1S/C7H11/c1-3-5-7-6-4-2/h3H,5,7H2,1-2H3. The normalized spacial score (nSPS) is 7.14. The SMILES string of the molecule is CC#CCC[CH]C. The van der Waals surface area contributed by atoms with Crippen molar-refractivity contribution in [2.45, 2.75) is 26.7 Å². The molecule has 0 unspecified atom stereocenters. The topological polar surface area (TPSA) is 0 Å². The fraction of sp³-hybridized carbons (Fsp3) is 0.571. The average Bonchev–Trinajstić information content (AvgIpc) is 1.69. The highest BCUT2D eigenvalue weighted by molar-refractivity contribution is 4.95. The predicted octanol–water partition coefficient (Wildman–Crippen LogP) is 2.01. The number of hydrogen-bond acceptors (Lipinski definition) is 0. The third-order valence-corrected chi connectivity index (χ3v) is 0.735. The Bertz CT molecular complexity index is 71.8. The van der Waals surface area contributed by atoms with Gasteiger partial charge in [0.15, 0.2) is 0 Å². The predicted molar refractivity (Wildman–Crippen MR) is 32.7 cm³/mol. The quantitative estimate of drug-likeness (QED) is 0.363. The molecule has 1 radical (unpaired) electrons. The van der Waals surface area contributed by atoms with Crippen molar-refractivity contribution in [2.24, 2.45) is 0 Å². The third-order valence-electron chi connectivity index (χ3n) is 0.735. The van der Waals surface area contributed by atoms with E-state index in [9.17, 15) is 0 Å². The van der Waals surface area contributed by atoms with Crippen molar-refractivity contribution in [2.75, 3.05) is 0 Å². The van der Waals surface area contributed by atoms with Gasteiger partial charge in [-0.3, -0.25) is 0 Å². The summed E-state index contributed by atoms with van der Waals surface area (Å²) in [6.45, 7) is 3.92. The zero-order valence-electron chi connectivity index (χ0n) is 4.99. The lowest BCUT2D eigenvalue weighted by molar-refractivity contribution is 0.997. The van der Waals surface area contributed by atoms with Crippen molar-refractivity contribution in [1.29, 1.82) is 0 Å². The smallest absolute Gasteiger partial charge is 0.00912 e. The molecule has 0 aliphatic heterocycles. The summed E-state index contributed by atoms with van der Waals surface area (Å²) < 4.78 is 0. The largest absolute Gasteiger partial charge is 0.107 e. The van der Waals surface area contributed by atoms with Gasteiger partial charge < -0.3 is 0 Å². The van der Waals surface area contributed by atoms with Crippen LogP contribution in [0.25, 0.3) is 0 Å². The van der Waals surface area contributed by atoms with Crippen LogP contribution < -0.4 is 0 Å². The maximum absolute atomic E-state index is 2.97. The van der Waals surface area contributed by atoms with E-state index < -0.39 is 0 Å². The highest BCUT2D eigenvalue weighted by atomic mass is 13.8. The summed E-state index contributed by atoms with van der Waals surface area (Å²) in [5, 5.41) is 0. The van der Waals surface area contributed by atoms with E-state index in [0.717, 1.165) is 12.8 Å². The molecular weight excluding hydrogens is 84.1 g/mol. The van der Waals surface area contributed by atoms with Gasteiger partial charge in [0, 0.05) is 6.42 Å². The summed E-state index contributed by atoms with van der Waals surface area (Å²) in [6, 6.07) is 0. The van der Waals surface area contributed by atoms with Gasteiger partial charge in [-0.2, -0.15) is 0 Å². The molecular formula is C7H11. The molecule has 39 valence electrons. The first-order valence-corrected chi connectivity index (χ1v) is 2.59. The molecule has 0 spiro atoms. The first-order valence-electron chi connectivity index (χ1n) is 2.59. The number of rotatable bonds is 2. The molecule has 0 aromatic heterocycles. The molecule has 0 fully saturated rings. The van der Waals surface area contributed by atoms with Gasteiger partial charge in [-0.05, 0) is 19.8 Å². The number of unbranched alkanes of at least 4 members (excludes halogenated alkanes) is 2. The zero-order chi connectivity index (χ0) is 5.54. The monoisotopic (exact) mass is 95.1 g/mol. The summed E-state index contributed by atoms with van der Waals surface area (Å²) in [5.74, 6) is 5.80. The lowest BCUT2D eigenvalue weighted by Crippen LogP contribution is -1.65.